The molecule has 0 fully saturated rings. The summed E-state index contributed by atoms with van der Waals surface area (Å²) in [6.07, 6.45) is 1.55. The molecule has 0 aromatic heterocycles. The zero-order valence-corrected chi connectivity index (χ0v) is 14.3. The number of benzene rings is 1. The van der Waals surface area contributed by atoms with Gasteiger partial charge in [0.25, 0.3) is 0 Å². The molecule has 3 N–H and O–H groups in total. The predicted octanol–water partition coefficient (Wildman–Crippen LogP) is 1.19. The van der Waals surface area contributed by atoms with Gasteiger partial charge in [0.1, 0.15) is 5.75 Å². The Morgan fingerprint density at radius 2 is 2.00 bits per heavy atom. The number of ether oxygens (including phenoxy) is 2. The van der Waals surface area contributed by atoms with Crippen LogP contribution >= 0.6 is 0 Å². The Kier molecular flexibility index (Phi) is 9.83. The summed E-state index contributed by atoms with van der Waals surface area (Å²) in [6, 6.07) is 8.21. The molecule has 6 heteroatoms. The highest BCUT2D eigenvalue weighted by Gasteiger charge is 2.05. The largest absolute Gasteiger partial charge is 0.497 e. The standard InChI is InChI=1S/C17H29N3O3/c1-14(13-22-2)20-17(18-10-4-12-21)19-11-9-15-5-7-16(23-3)8-6-15/h5-8,14,21H,4,9-13H2,1-3H3,(H2,18,19,20). The number of methoxy groups -OCH3 is 2. The van der Waals surface area contributed by atoms with Crippen molar-refractivity contribution in [1.82, 2.24) is 10.6 Å². The average molecular weight is 323 g/mol. The van der Waals surface area contributed by atoms with Gasteiger partial charge in [-0.2, -0.15) is 0 Å². The van der Waals surface area contributed by atoms with Crippen molar-refractivity contribution >= 4 is 5.96 Å². The van der Waals surface area contributed by atoms with E-state index >= 15 is 0 Å². The zero-order valence-electron chi connectivity index (χ0n) is 14.3. The topological polar surface area (TPSA) is 75.1 Å². The molecule has 0 amide bonds. The number of hydrogen-bond acceptors (Lipinski definition) is 4. The molecule has 0 spiro atoms. The molecular weight excluding hydrogens is 294 g/mol. The van der Waals surface area contributed by atoms with E-state index in [1.165, 1.54) is 5.56 Å². The second-order valence-electron chi connectivity index (χ2n) is 5.33. The van der Waals surface area contributed by atoms with Gasteiger partial charge in [-0.05, 0) is 37.5 Å². The summed E-state index contributed by atoms with van der Waals surface area (Å²) in [5, 5.41) is 15.5. The van der Waals surface area contributed by atoms with Crippen molar-refractivity contribution in [3.8, 4) is 5.75 Å². The van der Waals surface area contributed by atoms with Crippen LogP contribution in [0, 0.1) is 0 Å². The van der Waals surface area contributed by atoms with E-state index < -0.39 is 0 Å². The summed E-state index contributed by atoms with van der Waals surface area (Å²) in [7, 11) is 3.34. The minimum Gasteiger partial charge on any atom is -0.497 e. The van der Waals surface area contributed by atoms with Crippen LogP contribution in [0.2, 0.25) is 0 Å². The molecule has 6 nitrogen and oxygen atoms in total. The Morgan fingerprint density at radius 1 is 1.26 bits per heavy atom. The van der Waals surface area contributed by atoms with Crippen molar-refractivity contribution in [2.24, 2.45) is 4.99 Å². The molecular formula is C17H29N3O3. The van der Waals surface area contributed by atoms with Gasteiger partial charge in [0.2, 0.25) is 0 Å². The van der Waals surface area contributed by atoms with Crippen molar-refractivity contribution in [3.63, 3.8) is 0 Å². The van der Waals surface area contributed by atoms with E-state index in [2.05, 4.69) is 27.8 Å². The van der Waals surface area contributed by atoms with Crippen LogP contribution in [-0.2, 0) is 11.2 Å². The maximum absolute atomic E-state index is 8.87. The first kappa shape index (κ1) is 19.3. The average Bonchev–Trinajstić information content (AvgIpc) is 2.55. The fourth-order valence-corrected chi connectivity index (χ4v) is 2.06. The Balaban J connectivity index is 2.46. The van der Waals surface area contributed by atoms with Crippen LogP contribution in [-0.4, -0.2) is 57.6 Å². The maximum Gasteiger partial charge on any atom is 0.191 e. The quantitative estimate of drug-likeness (QED) is 0.343. The Hall–Kier alpha value is -1.79. The molecule has 0 saturated carbocycles. The van der Waals surface area contributed by atoms with Gasteiger partial charge in [-0.3, -0.25) is 4.99 Å². The van der Waals surface area contributed by atoms with E-state index in [1.807, 2.05) is 19.1 Å². The number of nitrogens with zero attached hydrogens (tertiary/aromatic N) is 1. The van der Waals surface area contributed by atoms with E-state index in [4.69, 9.17) is 14.6 Å². The highest BCUT2D eigenvalue weighted by atomic mass is 16.5. The minimum atomic E-state index is 0.149. The molecule has 0 aliphatic heterocycles. The SMILES string of the molecule is COCC(C)NC(=NCCCO)NCCc1ccc(OC)cc1. The highest BCUT2D eigenvalue weighted by molar-refractivity contribution is 5.80. The molecule has 0 radical (unpaired) electrons. The summed E-state index contributed by atoms with van der Waals surface area (Å²) < 4.78 is 10.3. The number of guanidine groups is 1. The lowest BCUT2D eigenvalue weighted by Crippen LogP contribution is -2.44. The first-order valence-electron chi connectivity index (χ1n) is 7.97. The summed E-state index contributed by atoms with van der Waals surface area (Å²) in [4.78, 5) is 4.45. The maximum atomic E-state index is 8.87. The lowest BCUT2D eigenvalue weighted by atomic mass is 10.1. The highest BCUT2D eigenvalue weighted by Crippen LogP contribution is 2.11. The normalized spacial score (nSPS) is 12.8. The number of aliphatic hydroxyl groups excluding tert-OH is 1. The number of hydrogen-bond donors (Lipinski definition) is 3. The number of nitrogens with one attached hydrogen (secondary N) is 2. The molecule has 1 aromatic rings. The zero-order chi connectivity index (χ0) is 16.9. The molecule has 1 rings (SSSR count). The lowest BCUT2D eigenvalue weighted by molar-refractivity contribution is 0.179. The fraction of sp³-hybridized carbons (Fsp3) is 0.588. The molecule has 1 atom stereocenters. The van der Waals surface area contributed by atoms with E-state index in [0.29, 0.717) is 19.6 Å². The summed E-state index contributed by atoms with van der Waals surface area (Å²) >= 11 is 0. The van der Waals surface area contributed by atoms with Gasteiger partial charge >= 0.3 is 0 Å². The Bertz CT molecular complexity index is 449. The first-order chi connectivity index (χ1) is 11.2. The van der Waals surface area contributed by atoms with Gasteiger partial charge in [0.15, 0.2) is 5.96 Å². The Labute approximate surface area is 138 Å². The van der Waals surface area contributed by atoms with Gasteiger partial charge in [0.05, 0.1) is 13.7 Å². The lowest BCUT2D eigenvalue weighted by Gasteiger charge is -2.17. The minimum absolute atomic E-state index is 0.149. The van der Waals surface area contributed by atoms with Crippen LogP contribution in [0.1, 0.15) is 18.9 Å². The van der Waals surface area contributed by atoms with Crippen molar-refractivity contribution in [3.05, 3.63) is 29.8 Å². The van der Waals surface area contributed by atoms with Gasteiger partial charge < -0.3 is 25.2 Å². The number of aliphatic imine (C=N–C) groups is 1. The van der Waals surface area contributed by atoms with E-state index in [-0.39, 0.29) is 12.6 Å². The third-order valence-corrected chi connectivity index (χ3v) is 3.25. The van der Waals surface area contributed by atoms with Crippen LogP contribution in [0.15, 0.2) is 29.3 Å². The van der Waals surface area contributed by atoms with Crippen LogP contribution in [0.3, 0.4) is 0 Å². The van der Waals surface area contributed by atoms with Gasteiger partial charge in [0, 0.05) is 32.8 Å². The fourth-order valence-electron chi connectivity index (χ4n) is 2.06. The van der Waals surface area contributed by atoms with Gasteiger partial charge in [-0.15, -0.1) is 0 Å². The molecule has 23 heavy (non-hydrogen) atoms. The van der Waals surface area contributed by atoms with Gasteiger partial charge in [-0.1, -0.05) is 12.1 Å². The molecule has 0 saturated heterocycles. The number of aliphatic hydroxyl groups is 1. The molecule has 0 bridgehead atoms. The summed E-state index contributed by atoms with van der Waals surface area (Å²) in [5.41, 5.74) is 1.23. The molecule has 0 aliphatic carbocycles. The first-order valence-corrected chi connectivity index (χ1v) is 7.97. The molecule has 0 heterocycles. The third-order valence-electron chi connectivity index (χ3n) is 3.25. The van der Waals surface area contributed by atoms with Crippen LogP contribution in [0.25, 0.3) is 0 Å². The second-order valence-corrected chi connectivity index (χ2v) is 5.33. The van der Waals surface area contributed by atoms with E-state index in [9.17, 15) is 0 Å². The van der Waals surface area contributed by atoms with Crippen LogP contribution in [0.4, 0.5) is 0 Å². The molecule has 0 aliphatic rings. The predicted molar refractivity (Wildman–Crippen MR) is 93.2 cm³/mol. The van der Waals surface area contributed by atoms with Crippen molar-refractivity contribution in [2.75, 3.05) is 40.5 Å². The number of rotatable bonds is 10. The second kappa shape index (κ2) is 11.7. The Morgan fingerprint density at radius 3 is 2.61 bits per heavy atom. The monoisotopic (exact) mass is 323 g/mol. The molecule has 1 unspecified atom stereocenters. The molecule has 1 aromatic carbocycles. The van der Waals surface area contributed by atoms with E-state index in [1.54, 1.807) is 14.2 Å². The van der Waals surface area contributed by atoms with Gasteiger partial charge in [-0.25, -0.2) is 0 Å². The molecule has 130 valence electrons. The smallest absolute Gasteiger partial charge is 0.191 e. The van der Waals surface area contributed by atoms with E-state index in [0.717, 1.165) is 24.7 Å². The van der Waals surface area contributed by atoms with Crippen molar-refractivity contribution in [2.45, 2.75) is 25.8 Å². The summed E-state index contributed by atoms with van der Waals surface area (Å²) in [6.45, 7) is 4.16. The summed E-state index contributed by atoms with van der Waals surface area (Å²) in [5.74, 6) is 1.61. The third kappa shape index (κ3) is 8.42. The van der Waals surface area contributed by atoms with Crippen LogP contribution in [0.5, 0.6) is 5.75 Å². The van der Waals surface area contributed by atoms with Crippen molar-refractivity contribution < 1.29 is 14.6 Å². The van der Waals surface area contributed by atoms with Crippen LogP contribution < -0.4 is 15.4 Å². The van der Waals surface area contributed by atoms with Crippen molar-refractivity contribution in [1.29, 1.82) is 0 Å².